The molecule has 0 aliphatic rings. The lowest BCUT2D eigenvalue weighted by Crippen LogP contribution is -2.27. The van der Waals surface area contributed by atoms with Crippen LogP contribution < -0.4 is 0 Å². The zero-order valence-electron chi connectivity index (χ0n) is 7.88. The van der Waals surface area contributed by atoms with Crippen LogP contribution in [-0.2, 0) is 19.4 Å². The number of ether oxygens (including phenoxy) is 1. The highest BCUT2D eigenvalue weighted by atomic mass is 32.2. The third-order valence-corrected chi connectivity index (χ3v) is 3.40. The molecule has 1 unspecified atom stereocenters. The molecule has 0 bridgehead atoms. The van der Waals surface area contributed by atoms with Crippen LogP contribution in [0.25, 0.3) is 0 Å². The zero-order valence-corrected chi connectivity index (χ0v) is 8.70. The van der Waals surface area contributed by atoms with Gasteiger partial charge in [0.15, 0.2) is 0 Å². The molecule has 0 radical (unpaired) electrons. The van der Waals surface area contributed by atoms with Crippen molar-refractivity contribution < 1.29 is 22.3 Å². The molecule has 0 aliphatic carbocycles. The molecule has 0 fully saturated rings. The summed E-state index contributed by atoms with van der Waals surface area (Å²) in [7, 11) is -3.37. The van der Waals surface area contributed by atoms with Crippen LogP contribution in [0.4, 0.5) is 4.39 Å². The van der Waals surface area contributed by atoms with Gasteiger partial charge in [0.25, 0.3) is 0 Å². The number of carbonyl (C=O) groups excluding carboxylic acids is 1. The molecular weight excluding hydrogens is 223 g/mol. The monoisotopic (exact) mass is 232 g/mol. The van der Waals surface area contributed by atoms with Crippen LogP contribution in [0.3, 0.4) is 0 Å². The van der Waals surface area contributed by atoms with E-state index in [-0.39, 0.29) is 4.90 Å². The van der Waals surface area contributed by atoms with Crippen LogP contribution in [0.1, 0.15) is 0 Å². The van der Waals surface area contributed by atoms with Gasteiger partial charge >= 0.3 is 11.5 Å². The zero-order chi connectivity index (χ0) is 11.5. The average Bonchev–Trinajstić information content (AvgIpc) is 2.28. The lowest BCUT2D eigenvalue weighted by Gasteiger charge is -2.07. The smallest absolute Gasteiger partial charge is 0.356 e. The highest BCUT2D eigenvalue weighted by Crippen LogP contribution is 2.17. The summed E-state index contributed by atoms with van der Waals surface area (Å²) in [5.74, 6) is -1.42. The number of hydrogen-bond donors (Lipinski definition) is 0. The summed E-state index contributed by atoms with van der Waals surface area (Å²) in [4.78, 5) is 10.5. The van der Waals surface area contributed by atoms with Crippen molar-refractivity contribution in [3.05, 3.63) is 30.3 Å². The number of rotatable bonds is 3. The maximum atomic E-state index is 13.2. The first kappa shape index (κ1) is 11.6. The summed E-state index contributed by atoms with van der Waals surface area (Å²) in [5.41, 5.74) is -2.68. The quantitative estimate of drug-likeness (QED) is 0.727. The Morgan fingerprint density at radius 2 is 1.87 bits per heavy atom. The highest BCUT2D eigenvalue weighted by Gasteiger charge is 2.34. The molecule has 0 spiro atoms. The standard InChI is InChI=1S/C9H9FO4S/c1-14-9(11)8(10)15(12,13)7-5-3-2-4-6-7/h2-6,8H,1H3. The molecular formula is C9H9FO4S. The number of methoxy groups -OCH3 is 1. The second kappa shape index (κ2) is 4.39. The van der Waals surface area contributed by atoms with E-state index in [9.17, 15) is 17.6 Å². The molecule has 0 saturated carbocycles. The van der Waals surface area contributed by atoms with Gasteiger partial charge in [-0.3, -0.25) is 0 Å². The topological polar surface area (TPSA) is 60.4 Å². The molecule has 1 atom stereocenters. The Hall–Kier alpha value is -1.43. The van der Waals surface area contributed by atoms with E-state index in [2.05, 4.69) is 4.74 Å². The minimum absolute atomic E-state index is 0.247. The number of halogens is 1. The SMILES string of the molecule is COC(=O)C(F)S(=O)(=O)c1ccccc1. The van der Waals surface area contributed by atoms with E-state index in [1.165, 1.54) is 24.3 Å². The molecule has 0 heterocycles. The molecule has 0 amide bonds. The Labute approximate surface area is 86.6 Å². The van der Waals surface area contributed by atoms with E-state index >= 15 is 0 Å². The number of carbonyl (C=O) groups is 1. The van der Waals surface area contributed by atoms with Gasteiger partial charge in [-0.15, -0.1) is 0 Å². The first-order valence-corrected chi connectivity index (χ1v) is 5.55. The van der Waals surface area contributed by atoms with Gasteiger partial charge in [-0.05, 0) is 12.1 Å². The van der Waals surface area contributed by atoms with Crippen LogP contribution in [0.5, 0.6) is 0 Å². The van der Waals surface area contributed by atoms with E-state index in [0.717, 1.165) is 7.11 Å². The minimum Gasteiger partial charge on any atom is -0.466 e. The molecule has 0 aromatic heterocycles. The molecule has 1 rings (SSSR count). The second-order valence-corrected chi connectivity index (χ2v) is 4.67. The fourth-order valence-corrected chi connectivity index (χ4v) is 2.07. The maximum absolute atomic E-state index is 13.2. The Kier molecular flexibility index (Phi) is 3.41. The van der Waals surface area contributed by atoms with Crippen molar-refractivity contribution in [2.24, 2.45) is 0 Å². The van der Waals surface area contributed by atoms with Crippen LogP contribution >= 0.6 is 0 Å². The molecule has 15 heavy (non-hydrogen) atoms. The predicted octanol–water partition coefficient (Wildman–Crippen LogP) is 0.929. The van der Waals surface area contributed by atoms with Crippen LogP contribution in [0.15, 0.2) is 35.2 Å². The lowest BCUT2D eigenvalue weighted by molar-refractivity contribution is -0.143. The fourth-order valence-electron chi connectivity index (χ4n) is 0.949. The average molecular weight is 232 g/mol. The Bertz CT molecular complexity index is 440. The Morgan fingerprint density at radius 1 is 1.33 bits per heavy atom. The van der Waals surface area contributed by atoms with Crippen molar-refractivity contribution in [1.82, 2.24) is 0 Å². The van der Waals surface area contributed by atoms with E-state index in [1.807, 2.05) is 0 Å². The first-order valence-electron chi connectivity index (χ1n) is 4.01. The van der Waals surface area contributed by atoms with Crippen molar-refractivity contribution in [1.29, 1.82) is 0 Å². The maximum Gasteiger partial charge on any atom is 0.356 e. The van der Waals surface area contributed by atoms with Gasteiger partial charge in [0, 0.05) is 0 Å². The largest absolute Gasteiger partial charge is 0.466 e. The van der Waals surface area contributed by atoms with Crippen molar-refractivity contribution >= 4 is 15.8 Å². The summed E-state index contributed by atoms with van der Waals surface area (Å²) < 4.78 is 40.1. The number of hydrogen-bond acceptors (Lipinski definition) is 4. The first-order chi connectivity index (χ1) is 7.00. The third kappa shape index (κ3) is 2.33. The lowest BCUT2D eigenvalue weighted by atomic mass is 10.4. The van der Waals surface area contributed by atoms with Gasteiger partial charge in [-0.1, -0.05) is 18.2 Å². The molecule has 4 nitrogen and oxygen atoms in total. The van der Waals surface area contributed by atoms with E-state index in [1.54, 1.807) is 6.07 Å². The molecule has 0 saturated heterocycles. The van der Waals surface area contributed by atoms with Gasteiger partial charge in [0.05, 0.1) is 12.0 Å². The van der Waals surface area contributed by atoms with E-state index in [4.69, 9.17) is 0 Å². The Balaban J connectivity index is 3.09. The number of benzene rings is 1. The van der Waals surface area contributed by atoms with Crippen LogP contribution in [-0.4, -0.2) is 27.0 Å². The summed E-state index contributed by atoms with van der Waals surface area (Å²) >= 11 is 0. The minimum atomic E-state index is -4.29. The van der Waals surface area contributed by atoms with Crippen molar-refractivity contribution in [3.8, 4) is 0 Å². The molecule has 1 aromatic carbocycles. The molecule has 0 N–H and O–H groups in total. The van der Waals surface area contributed by atoms with E-state index < -0.39 is 21.3 Å². The van der Waals surface area contributed by atoms with Crippen LogP contribution in [0.2, 0.25) is 0 Å². The molecule has 1 aromatic rings. The summed E-state index contributed by atoms with van der Waals surface area (Å²) in [5, 5.41) is 0. The van der Waals surface area contributed by atoms with Crippen molar-refractivity contribution in [3.63, 3.8) is 0 Å². The summed E-state index contributed by atoms with van der Waals surface area (Å²) in [6.45, 7) is 0. The summed E-state index contributed by atoms with van der Waals surface area (Å²) in [6.07, 6.45) is 0. The number of alkyl halides is 1. The van der Waals surface area contributed by atoms with Gasteiger partial charge in [0.2, 0.25) is 9.84 Å². The fraction of sp³-hybridized carbons (Fsp3) is 0.222. The second-order valence-electron chi connectivity index (χ2n) is 2.70. The van der Waals surface area contributed by atoms with Gasteiger partial charge in [0.1, 0.15) is 0 Å². The Morgan fingerprint density at radius 3 is 2.33 bits per heavy atom. The molecule has 82 valence electrons. The number of sulfone groups is 1. The van der Waals surface area contributed by atoms with Gasteiger partial charge < -0.3 is 4.74 Å². The van der Waals surface area contributed by atoms with Crippen molar-refractivity contribution in [2.45, 2.75) is 10.4 Å². The van der Waals surface area contributed by atoms with Gasteiger partial charge in [-0.2, -0.15) is 0 Å². The van der Waals surface area contributed by atoms with Crippen LogP contribution in [0, 0.1) is 0 Å². The van der Waals surface area contributed by atoms with E-state index in [0.29, 0.717) is 0 Å². The normalized spacial score (nSPS) is 13.2. The molecule has 0 aliphatic heterocycles. The molecule has 6 heteroatoms. The summed E-state index contributed by atoms with van der Waals surface area (Å²) in [6, 6.07) is 6.90. The highest BCUT2D eigenvalue weighted by molar-refractivity contribution is 7.92. The van der Waals surface area contributed by atoms with Crippen molar-refractivity contribution in [2.75, 3.05) is 7.11 Å². The third-order valence-electron chi connectivity index (χ3n) is 1.73. The predicted molar refractivity (Wildman–Crippen MR) is 50.5 cm³/mol. The van der Waals surface area contributed by atoms with Gasteiger partial charge in [-0.25, -0.2) is 17.6 Å². The number of esters is 1.